The lowest BCUT2D eigenvalue weighted by atomic mass is 10.1. The second-order valence-corrected chi connectivity index (χ2v) is 5.73. The van der Waals surface area contributed by atoms with Gasteiger partial charge in [-0.25, -0.2) is 9.97 Å². The molecule has 0 aliphatic carbocycles. The monoisotopic (exact) mass is 371 g/mol. The number of aryl methyl sites for hydroxylation is 2. The smallest absolute Gasteiger partial charge is 0.267 e. The number of nitriles is 1. The summed E-state index contributed by atoms with van der Waals surface area (Å²) in [6, 6.07) is 7.52. The summed E-state index contributed by atoms with van der Waals surface area (Å²) in [6.07, 6.45) is 4.40. The molecule has 0 aliphatic heterocycles. The van der Waals surface area contributed by atoms with Crippen LogP contribution in [0, 0.1) is 25.2 Å². The lowest BCUT2D eigenvalue weighted by Crippen LogP contribution is -2.15. The van der Waals surface area contributed by atoms with E-state index in [1.54, 1.807) is 12.4 Å². The van der Waals surface area contributed by atoms with Crippen LogP contribution in [0.1, 0.15) is 11.1 Å². The van der Waals surface area contributed by atoms with Crippen LogP contribution in [-0.2, 0) is 4.79 Å². The van der Waals surface area contributed by atoms with Gasteiger partial charge in [0.25, 0.3) is 5.91 Å². The number of amides is 1. The third kappa shape index (κ3) is 4.63. The van der Waals surface area contributed by atoms with Crippen molar-refractivity contribution in [3.63, 3.8) is 0 Å². The number of rotatable bonds is 4. The van der Waals surface area contributed by atoms with E-state index < -0.39 is 5.91 Å². The van der Waals surface area contributed by atoms with Crippen molar-refractivity contribution in [1.29, 1.82) is 5.26 Å². The lowest BCUT2D eigenvalue weighted by Gasteiger charge is -2.08. The third-order valence-corrected chi connectivity index (χ3v) is 3.37. The molecule has 0 fully saturated rings. The van der Waals surface area contributed by atoms with Crippen molar-refractivity contribution in [2.45, 2.75) is 13.8 Å². The largest absolute Gasteiger partial charge is 0.329 e. The number of nitrogens with one attached hydrogen (secondary N) is 2. The molecule has 0 saturated carbocycles. The third-order valence-electron chi connectivity index (χ3n) is 2.96. The maximum atomic E-state index is 12.2. The maximum absolute atomic E-state index is 12.2. The van der Waals surface area contributed by atoms with Gasteiger partial charge in [0.05, 0.1) is 4.47 Å². The minimum Gasteiger partial charge on any atom is -0.329 e. The summed E-state index contributed by atoms with van der Waals surface area (Å²) >= 11 is 3.23. The molecule has 0 aliphatic rings. The van der Waals surface area contributed by atoms with E-state index in [1.807, 2.05) is 38.1 Å². The van der Waals surface area contributed by atoms with Gasteiger partial charge in [0.1, 0.15) is 11.6 Å². The number of benzene rings is 1. The SMILES string of the molecule is Cc1ccc(NC(=O)/C(C#N)=C\Nc2ncc(Br)cn2)c(C)c1. The Labute approximate surface area is 142 Å². The highest BCUT2D eigenvalue weighted by atomic mass is 79.9. The number of anilines is 2. The Kier molecular flexibility index (Phi) is 5.44. The van der Waals surface area contributed by atoms with E-state index in [2.05, 4.69) is 36.5 Å². The second-order valence-electron chi connectivity index (χ2n) is 4.81. The topological polar surface area (TPSA) is 90.7 Å². The molecule has 1 aromatic carbocycles. The predicted molar refractivity (Wildman–Crippen MR) is 91.6 cm³/mol. The quantitative estimate of drug-likeness (QED) is 0.635. The van der Waals surface area contributed by atoms with Gasteiger partial charge in [0.2, 0.25) is 5.95 Å². The fourth-order valence-electron chi connectivity index (χ4n) is 1.82. The molecular formula is C16H14BrN5O. The molecule has 0 atom stereocenters. The minimum absolute atomic E-state index is 0.0727. The first-order valence-corrected chi connectivity index (χ1v) is 7.52. The van der Waals surface area contributed by atoms with Gasteiger partial charge in [-0.05, 0) is 41.4 Å². The van der Waals surface area contributed by atoms with Crippen LogP contribution >= 0.6 is 15.9 Å². The van der Waals surface area contributed by atoms with Crippen LogP contribution in [-0.4, -0.2) is 15.9 Å². The Bertz CT molecular complexity index is 793. The fourth-order valence-corrected chi connectivity index (χ4v) is 2.02. The molecule has 7 heteroatoms. The average molecular weight is 372 g/mol. The molecule has 2 N–H and O–H groups in total. The minimum atomic E-state index is -0.496. The molecule has 0 radical (unpaired) electrons. The van der Waals surface area contributed by atoms with Crippen molar-refractivity contribution in [2.75, 3.05) is 10.6 Å². The Morgan fingerprint density at radius 2 is 2.00 bits per heavy atom. The first-order valence-electron chi connectivity index (χ1n) is 6.72. The predicted octanol–water partition coefficient (Wildman–Crippen LogP) is 3.31. The van der Waals surface area contributed by atoms with Crippen molar-refractivity contribution in [2.24, 2.45) is 0 Å². The fraction of sp³-hybridized carbons (Fsp3) is 0.125. The van der Waals surface area contributed by atoms with E-state index in [0.29, 0.717) is 11.6 Å². The number of nitrogens with zero attached hydrogens (tertiary/aromatic N) is 3. The number of aromatic nitrogens is 2. The highest BCUT2D eigenvalue weighted by Gasteiger charge is 2.11. The summed E-state index contributed by atoms with van der Waals surface area (Å²) in [5.74, 6) is -0.204. The molecular weight excluding hydrogens is 358 g/mol. The van der Waals surface area contributed by atoms with Gasteiger partial charge >= 0.3 is 0 Å². The first-order chi connectivity index (χ1) is 11.0. The summed E-state index contributed by atoms with van der Waals surface area (Å²) in [5, 5.41) is 14.6. The summed E-state index contributed by atoms with van der Waals surface area (Å²) < 4.78 is 0.736. The van der Waals surface area contributed by atoms with Crippen molar-refractivity contribution in [3.8, 4) is 6.07 Å². The van der Waals surface area contributed by atoms with Crippen LogP contribution in [0.15, 0.2) is 46.8 Å². The molecule has 2 aromatic rings. The normalized spacial score (nSPS) is 10.8. The molecule has 0 saturated heterocycles. The molecule has 6 nitrogen and oxygen atoms in total. The molecule has 2 rings (SSSR count). The standard InChI is InChI=1S/C16H14BrN5O/c1-10-3-4-14(11(2)5-10)22-15(23)12(6-18)7-19-16-20-8-13(17)9-21-16/h3-5,7-9H,1-2H3,(H,22,23)(H,19,20,21)/b12-7-. The number of hydrogen-bond acceptors (Lipinski definition) is 5. The van der Waals surface area contributed by atoms with Crippen molar-refractivity contribution < 1.29 is 4.79 Å². The molecule has 1 aromatic heterocycles. The summed E-state index contributed by atoms with van der Waals surface area (Å²) in [4.78, 5) is 20.2. The molecule has 0 spiro atoms. The summed E-state index contributed by atoms with van der Waals surface area (Å²) in [7, 11) is 0. The molecule has 1 amide bonds. The van der Waals surface area contributed by atoms with Gasteiger partial charge in [0, 0.05) is 24.3 Å². The van der Waals surface area contributed by atoms with Gasteiger partial charge < -0.3 is 10.6 Å². The number of carbonyl (C=O) groups excluding carboxylic acids is 1. The Hall–Kier alpha value is -2.72. The number of hydrogen-bond donors (Lipinski definition) is 2. The Balaban J connectivity index is 2.10. The highest BCUT2D eigenvalue weighted by Crippen LogP contribution is 2.16. The first kappa shape index (κ1) is 16.6. The van der Waals surface area contributed by atoms with E-state index in [1.165, 1.54) is 6.20 Å². The molecule has 0 bridgehead atoms. The molecule has 0 unspecified atom stereocenters. The van der Waals surface area contributed by atoms with Gasteiger partial charge in [-0.3, -0.25) is 4.79 Å². The van der Waals surface area contributed by atoms with Crippen LogP contribution in [0.3, 0.4) is 0 Å². The van der Waals surface area contributed by atoms with Crippen molar-refractivity contribution in [1.82, 2.24) is 9.97 Å². The van der Waals surface area contributed by atoms with Crippen LogP contribution in [0.2, 0.25) is 0 Å². The van der Waals surface area contributed by atoms with Crippen molar-refractivity contribution >= 4 is 33.5 Å². The Morgan fingerprint density at radius 3 is 2.61 bits per heavy atom. The zero-order valence-corrected chi connectivity index (χ0v) is 14.2. The maximum Gasteiger partial charge on any atom is 0.267 e. The van der Waals surface area contributed by atoms with E-state index in [0.717, 1.165) is 15.6 Å². The molecule has 116 valence electrons. The van der Waals surface area contributed by atoms with Crippen LogP contribution in [0.4, 0.5) is 11.6 Å². The zero-order chi connectivity index (χ0) is 16.8. The van der Waals surface area contributed by atoms with E-state index in [-0.39, 0.29) is 5.57 Å². The molecule has 1 heterocycles. The van der Waals surface area contributed by atoms with E-state index in [4.69, 9.17) is 5.26 Å². The van der Waals surface area contributed by atoms with E-state index >= 15 is 0 Å². The van der Waals surface area contributed by atoms with Crippen LogP contribution in [0.25, 0.3) is 0 Å². The van der Waals surface area contributed by atoms with Gasteiger partial charge in [-0.2, -0.15) is 5.26 Å². The van der Waals surface area contributed by atoms with E-state index in [9.17, 15) is 4.79 Å². The van der Waals surface area contributed by atoms with Crippen LogP contribution < -0.4 is 10.6 Å². The summed E-state index contributed by atoms with van der Waals surface area (Å²) in [6.45, 7) is 3.87. The second kappa shape index (κ2) is 7.51. The number of halogens is 1. The van der Waals surface area contributed by atoms with Gasteiger partial charge in [-0.1, -0.05) is 17.7 Å². The average Bonchev–Trinajstić information content (AvgIpc) is 2.52. The highest BCUT2D eigenvalue weighted by molar-refractivity contribution is 9.10. The molecule has 23 heavy (non-hydrogen) atoms. The zero-order valence-electron chi connectivity index (χ0n) is 12.6. The Morgan fingerprint density at radius 1 is 1.30 bits per heavy atom. The van der Waals surface area contributed by atoms with Crippen LogP contribution in [0.5, 0.6) is 0 Å². The lowest BCUT2D eigenvalue weighted by molar-refractivity contribution is -0.112. The van der Waals surface area contributed by atoms with Gasteiger partial charge in [-0.15, -0.1) is 0 Å². The van der Waals surface area contributed by atoms with Crippen molar-refractivity contribution in [3.05, 3.63) is 58.0 Å². The van der Waals surface area contributed by atoms with Gasteiger partial charge in [0.15, 0.2) is 0 Å². The summed E-state index contributed by atoms with van der Waals surface area (Å²) in [5.41, 5.74) is 2.63. The number of carbonyl (C=O) groups is 1.